The Kier molecular flexibility index (Phi) is 7.11. The second-order valence-electron chi connectivity index (χ2n) is 6.52. The summed E-state index contributed by atoms with van der Waals surface area (Å²) in [4.78, 5) is 12.3. The van der Waals surface area contributed by atoms with Crippen molar-refractivity contribution in [1.82, 2.24) is 4.31 Å². The molecule has 0 aromatic heterocycles. The first-order chi connectivity index (χ1) is 14.0. The standard InChI is InChI=1S/C21H25NO6S/c1-2-26-18-7-9-19(10-8-18)27-15-16-28-21(23)17-5-11-20(12-6-17)29(24,25)22-13-3-4-14-22/h5-12H,2-4,13-16H2,1H3. The van der Waals surface area contributed by atoms with Crippen LogP contribution in [-0.4, -0.2) is 51.6 Å². The van der Waals surface area contributed by atoms with E-state index in [1.807, 2.05) is 19.1 Å². The van der Waals surface area contributed by atoms with E-state index in [0.29, 0.717) is 31.0 Å². The molecular weight excluding hydrogens is 394 g/mol. The molecule has 0 N–H and O–H groups in total. The number of carbonyl (C=O) groups is 1. The molecule has 2 aromatic rings. The summed E-state index contributed by atoms with van der Waals surface area (Å²) in [5, 5.41) is 0. The molecule has 1 aliphatic heterocycles. The zero-order valence-electron chi connectivity index (χ0n) is 16.4. The molecule has 0 radical (unpaired) electrons. The van der Waals surface area contributed by atoms with Crippen LogP contribution in [0, 0.1) is 0 Å². The van der Waals surface area contributed by atoms with Gasteiger partial charge in [0.25, 0.3) is 0 Å². The molecular formula is C21H25NO6S. The van der Waals surface area contributed by atoms with Gasteiger partial charge in [-0.1, -0.05) is 0 Å². The Morgan fingerprint density at radius 2 is 1.48 bits per heavy atom. The third-order valence-electron chi connectivity index (χ3n) is 4.51. The van der Waals surface area contributed by atoms with Crippen molar-refractivity contribution in [2.75, 3.05) is 32.9 Å². The van der Waals surface area contributed by atoms with Crippen molar-refractivity contribution < 1.29 is 27.4 Å². The number of rotatable bonds is 9. The first-order valence-corrected chi connectivity index (χ1v) is 11.1. The first-order valence-electron chi connectivity index (χ1n) is 9.63. The Balaban J connectivity index is 1.47. The summed E-state index contributed by atoms with van der Waals surface area (Å²) < 4.78 is 42.6. The van der Waals surface area contributed by atoms with Gasteiger partial charge in [0.2, 0.25) is 10.0 Å². The molecule has 3 rings (SSSR count). The van der Waals surface area contributed by atoms with Gasteiger partial charge in [-0.05, 0) is 68.3 Å². The number of hydrogen-bond acceptors (Lipinski definition) is 6. The van der Waals surface area contributed by atoms with Crippen LogP contribution in [0.15, 0.2) is 53.4 Å². The van der Waals surface area contributed by atoms with Gasteiger partial charge in [-0.25, -0.2) is 13.2 Å². The van der Waals surface area contributed by atoms with Crippen LogP contribution in [0.4, 0.5) is 0 Å². The highest BCUT2D eigenvalue weighted by molar-refractivity contribution is 7.89. The molecule has 1 saturated heterocycles. The number of esters is 1. The first kappa shape index (κ1) is 21.1. The maximum absolute atomic E-state index is 12.5. The molecule has 8 heteroatoms. The fourth-order valence-corrected chi connectivity index (χ4v) is 4.53. The molecule has 0 bridgehead atoms. The van der Waals surface area contributed by atoms with Gasteiger partial charge in [-0.3, -0.25) is 0 Å². The van der Waals surface area contributed by atoms with Crippen molar-refractivity contribution in [2.45, 2.75) is 24.7 Å². The Morgan fingerprint density at radius 3 is 2.07 bits per heavy atom. The van der Waals surface area contributed by atoms with Crippen LogP contribution >= 0.6 is 0 Å². The van der Waals surface area contributed by atoms with E-state index >= 15 is 0 Å². The predicted octanol–water partition coefficient (Wildman–Crippen LogP) is 3.11. The summed E-state index contributed by atoms with van der Waals surface area (Å²) in [6, 6.07) is 13.0. The molecule has 1 heterocycles. The van der Waals surface area contributed by atoms with E-state index in [1.54, 1.807) is 12.1 Å². The van der Waals surface area contributed by atoms with Gasteiger partial charge in [-0.2, -0.15) is 4.31 Å². The second kappa shape index (κ2) is 9.76. The van der Waals surface area contributed by atoms with Crippen LogP contribution < -0.4 is 9.47 Å². The third kappa shape index (κ3) is 5.48. The largest absolute Gasteiger partial charge is 0.494 e. The minimum Gasteiger partial charge on any atom is -0.494 e. The highest BCUT2D eigenvalue weighted by atomic mass is 32.2. The molecule has 0 unspecified atom stereocenters. The lowest BCUT2D eigenvalue weighted by Crippen LogP contribution is -2.27. The minimum atomic E-state index is -3.49. The topological polar surface area (TPSA) is 82.1 Å². The van der Waals surface area contributed by atoms with Crippen molar-refractivity contribution in [1.29, 1.82) is 0 Å². The van der Waals surface area contributed by atoms with Crippen molar-refractivity contribution in [3.63, 3.8) is 0 Å². The number of ether oxygens (including phenoxy) is 3. The van der Waals surface area contributed by atoms with Crippen molar-refractivity contribution in [3.8, 4) is 11.5 Å². The smallest absolute Gasteiger partial charge is 0.338 e. The normalized spacial score (nSPS) is 14.5. The van der Waals surface area contributed by atoms with Crippen molar-refractivity contribution in [3.05, 3.63) is 54.1 Å². The molecule has 1 fully saturated rings. The van der Waals surface area contributed by atoms with Crippen molar-refractivity contribution >= 4 is 16.0 Å². The van der Waals surface area contributed by atoms with Gasteiger partial charge in [0, 0.05) is 13.1 Å². The van der Waals surface area contributed by atoms with Crippen LogP contribution in [0.25, 0.3) is 0 Å². The number of carbonyl (C=O) groups excluding carboxylic acids is 1. The summed E-state index contributed by atoms with van der Waals surface area (Å²) in [7, 11) is -3.49. The molecule has 156 valence electrons. The highest BCUT2D eigenvalue weighted by Gasteiger charge is 2.27. The predicted molar refractivity (Wildman–Crippen MR) is 108 cm³/mol. The maximum atomic E-state index is 12.5. The molecule has 0 saturated carbocycles. The maximum Gasteiger partial charge on any atom is 0.338 e. The summed E-state index contributed by atoms with van der Waals surface area (Å²) in [6.45, 7) is 3.89. The SMILES string of the molecule is CCOc1ccc(OCCOC(=O)c2ccc(S(=O)(=O)N3CCCC3)cc2)cc1. The van der Waals surface area contributed by atoms with Crippen LogP contribution in [0.3, 0.4) is 0 Å². The molecule has 0 spiro atoms. The quantitative estimate of drug-likeness (QED) is 0.459. The molecule has 7 nitrogen and oxygen atoms in total. The molecule has 0 aliphatic carbocycles. The third-order valence-corrected chi connectivity index (χ3v) is 6.43. The number of hydrogen-bond donors (Lipinski definition) is 0. The van der Waals surface area contributed by atoms with Crippen LogP contribution in [0.1, 0.15) is 30.1 Å². The van der Waals surface area contributed by atoms with Gasteiger partial charge in [-0.15, -0.1) is 0 Å². The molecule has 1 aliphatic rings. The zero-order chi connectivity index (χ0) is 20.7. The summed E-state index contributed by atoms with van der Waals surface area (Å²) in [5.74, 6) is 0.896. The molecule has 29 heavy (non-hydrogen) atoms. The molecule has 0 amide bonds. The van der Waals surface area contributed by atoms with E-state index in [1.165, 1.54) is 28.6 Å². The second-order valence-corrected chi connectivity index (χ2v) is 8.46. The number of benzene rings is 2. The average molecular weight is 419 g/mol. The Labute approximate surface area is 171 Å². The van der Waals surface area contributed by atoms with Gasteiger partial charge in [0.1, 0.15) is 24.7 Å². The lowest BCUT2D eigenvalue weighted by atomic mass is 10.2. The Hall–Kier alpha value is -2.58. The summed E-state index contributed by atoms with van der Waals surface area (Å²) >= 11 is 0. The molecule has 2 aromatic carbocycles. The van der Waals surface area contributed by atoms with Gasteiger partial charge < -0.3 is 14.2 Å². The van der Waals surface area contributed by atoms with Gasteiger partial charge in [0.15, 0.2) is 0 Å². The van der Waals surface area contributed by atoms with Crippen LogP contribution in [0.2, 0.25) is 0 Å². The van der Waals surface area contributed by atoms with Gasteiger partial charge in [0.05, 0.1) is 17.1 Å². The lowest BCUT2D eigenvalue weighted by Gasteiger charge is -2.15. The van der Waals surface area contributed by atoms with E-state index in [-0.39, 0.29) is 18.1 Å². The van der Waals surface area contributed by atoms with Crippen LogP contribution in [0.5, 0.6) is 11.5 Å². The van der Waals surface area contributed by atoms with E-state index in [4.69, 9.17) is 14.2 Å². The van der Waals surface area contributed by atoms with E-state index in [2.05, 4.69) is 0 Å². The molecule has 0 atom stereocenters. The Morgan fingerprint density at radius 1 is 0.897 bits per heavy atom. The monoisotopic (exact) mass is 419 g/mol. The van der Waals surface area contributed by atoms with Gasteiger partial charge >= 0.3 is 5.97 Å². The lowest BCUT2D eigenvalue weighted by molar-refractivity contribution is 0.0450. The minimum absolute atomic E-state index is 0.0832. The van der Waals surface area contributed by atoms with Crippen LogP contribution in [-0.2, 0) is 14.8 Å². The van der Waals surface area contributed by atoms with E-state index in [9.17, 15) is 13.2 Å². The van der Waals surface area contributed by atoms with Crippen molar-refractivity contribution in [2.24, 2.45) is 0 Å². The fourth-order valence-electron chi connectivity index (χ4n) is 3.02. The fraction of sp³-hybridized carbons (Fsp3) is 0.381. The van der Waals surface area contributed by atoms with E-state index in [0.717, 1.165) is 18.6 Å². The Bertz CT molecular complexity index is 903. The zero-order valence-corrected chi connectivity index (χ0v) is 17.2. The number of nitrogens with zero attached hydrogens (tertiary/aromatic N) is 1. The number of sulfonamides is 1. The summed E-state index contributed by atoms with van der Waals surface area (Å²) in [5.41, 5.74) is 0.298. The van der Waals surface area contributed by atoms with E-state index < -0.39 is 16.0 Å². The average Bonchev–Trinajstić information content (AvgIpc) is 3.28. The highest BCUT2D eigenvalue weighted by Crippen LogP contribution is 2.21. The summed E-state index contributed by atoms with van der Waals surface area (Å²) in [6.07, 6.45) is 1.75.